The molecule has 2 rings (SSSR count). The van der Waals surface area contributed by atoms with E-state index < -0.39 is 0 Å². The quantitative estimate of drug-likeness (QED) is 0.767. The lowest BCUT2D eigenvalue weighted by molar-refractivity contribution is 0.567. The van der Waals surface area contributed by atoms with Crippen LogP contribution in [0.25, 0.3) is 11.3 Å². The summed E-state index contributed by atoms with van der Waals surface area (Å²) in [7, 11) is 0. The maximum absolute atomic E-state index is 8.67. The van der Waals surface area contributed by atoms with E-state index in [1.165, 1.54) is 0 Å². The van der Waals surface area contributed by atoms with Crippen LogP contribution in [0, 0.1) is 18.3 Å². The molecule has 4 heteroatoms. The molecule has 0 unspecified atom stereocenters. The molecule has 16 heavy (non-hydrogen) atoms. The minimum atomic E-state index is 0.266. The number of halogens is 1. The van der Waals surface area contributed by atoms with Gasteiger partial charge in [0.1, 0.15) is 11.8 Å². The molecule has 0 aliphatic rings. The first kappa shape index (κ1) is 10.6. The van der Waals surface area contributed by atoms with Crippen molar-refractivity contribution in [3.05, 3.63) is 40.6 Å². The summed E-state index contributed by atoms with van der Waals surface area (Å²) in [5.74, 6) is 0.843. The molecule has 0 saturated heterocycles. The van der Waals surface area contributed by atoms with Gasteiger partial charge >= 0.3 is 0 Å². The number of nitrogens with zero attached hydrogens (tertiary/aromatic N) is 1. The number of nitriles is 1. The lowest BCUT2D eigenvalue weighted by Crippen LogP contribution is -1.90. The first-order valence-corrected chi connectivity index (χ1v) is 5.05. The predicted molar refractivity (Wildman–Crippen MR) is 63.0 cm³/mol. The second kappa shape index (κ2) is 3.92. The molecule has 1 aromatic carbocycles. The highest BCUT2D eigenvalue weighted by Crippen LogP contribution is 2.31. The Morgan fingerprint density at radius 3 is 2.75 bits per heavy atom. The lowest BCUT2D eigenvalue weighted by Gasteiger charge is -2.05. The average molecular weight is 233 g/mol. The zero-order valence-electron chi connectivity index (χ0n) is 8.62. The Morgan fingerprint density at radius 2 is 2.12 bits per heavy atom. The molecule has 0 fully saturated rings. The fourth-order valence-corrected chi connectivity index (χ4v) is 1.63. The lowest BCUT2D eigenvalue weighted by atomic mass is 10.1. The van der Waals surface area contributed by atoms with E-state index in [-0.39, 0.29) is 5.76 Å². The second-order valence-corrected chi connectivity index (χ2v) is 3.87. The smallest absolute Gasteiger partial charge is 0.204 e. The van der Waals surface area contributed by atoms with Crippen molar-refractivity contribution in [1.82, 2.24) is 0 Å². The van der Waals surface area contributed by atoms with Gasteiger partial charge in [-0.1, -0.05) is 11.6 Å². The standard InChI is InChI=1S/C12H9ClN2O/c1-7-4-9(11(15)5-10(7)13)12-3-2-8(6-14)16-12/h2-5H,15H2,1H3. The molecule has 1 aromatic heterocycles. The summed E-state index contributed by atoms with van der Waals surface area (Å²) >= 11 is 5.94. The molecule has 0 aliphatic carbocycles. The number of hydrogen-bond donors (Lipinski definition) is 1. The van der Waals surface area contributed by atoms with Crippen molar-refractivity contribution in [3.8, 4) is 17.4 Å². The van der Waals surface area contributed by atoms with Crippen LogP contribution in [-0.4, -0.2) is 0 Å². The largest absolute Gasteiger partial charge is 0.446 e. The van der Waals surface area contributed by atoms with Crippen molar-refractivity contribution in [2.75, 3.05) is 5.73 Å². The summed E-state index contributed by atoms with van der Waals surface area (Å²) in [6.45, 7) is 1.89. The fraction of sp³-hybridized carbons (Fsp3) is 0.0833. The van der Waals surface area contributed by atoms with Gasteiger partial charge in [0.25, 0.3) is 0 Å². The van der Waals surface area contributed by atoms with E-state index in [1.54, 1.807) is 18.2 Å². The summed E-state index contributed by atoms with van der Waals surface area (Å²) in [6, 6.07) is 8.78. The first-order valence-electron chi connectivity index (χ1n) is 4.67. The van der Waals surface area contributed by atoms with Crippen molar-refractivity contribution in [1.29, 1.82) is 5.26 Å². The van der Waals surface area contributed by atoms with Gasteiger partial charge in [-0.15, -0.1) is 0 Å². The fourth-order valence-electron chi connectivity index (χ4n) is 1.45. The Hall–Kier alpha value is -1.92. The van der Waals surface area contributed by atoms with Crippen molar-refractivity contribution < 1.29 is 4.42 Å². The van der Waals surface area contributed by atoms with Gasteiger partial charge in [-0.2, -0.15) is 5.26 Å². The number of benzene rings is 1. The van der Waals surface area contributed by atoms with Crippen LogP contribution in [0.15, 0.2) is 28.7 Å². The van der Waals surface area contributed by atoms with Gasteiger partial charge in [-0.3, -0.25) is 0 Å². The molecule has 0 amide bonds. The zero-order chi connectivity index (χ0) is 11.7. The minimum absolute atomic E-state index is 0.266. The van der Waals surface area contributed by atoms with Gasteiger partial charge in [0.05, 0.1) is 0 Å². The Labute approximate surface area is 98.0 Å². The topological polar surface area (TPSA) is 63.0 Å². The number of rotatable bonds is 1. The van der Waals surface area contributed by atoms with Crippen LogP contribution in [0.5, 0.6) is 0 Å². The predicted octanol–water partition coefficient (Wildman–Crippen LogP) is 3.36. The summed E-state index contributed by atoms with van der Waals surface area (Å²) in [6.07, 6.45) is 0. The number of furan rings is 1. The van der Waals surface area contributed by atoms with Crippen LogP contribution in [0.4, 0.5) is 5.69 Å². The molecule has 0 spiro atoms. The summed E-state index contributed by atoms with van der Waals surface area (Å²) in [4.78, 5) is 0. The molecule has 2 aromatic rings. The van der Waals surface area contributed by atoms with Crippen molar-refractivity contribution in [2.45, 2.75) is 6.92 Å². The number of hydrogen-bond acceptors (Lipinski definition) is 3. The summed E-state index contributed by atoms with van der Waals surface area (Å²) in [5, 5.41) is 9.29. The molecule has 1 heterocycles. The molecular weight excluding hydrogens is 224 g/mol. The van der Waals surface area contributed by atoms with Gasteiger partial charge < -0.3 is 10.2 Å². The first-order chi connectivity index (χ1) is 7.61. The highest BCUT2D eigenvalue weighted by Gasteiger charge is 2.10. The second-order valence-electron chi connectivity index (χ2n) is 3.46. The Kier molecular flexibility index (Phi) is 2.59. The van der Waals surface area contributed by atoms with E-state index >= 15 is 0 Å². The molecule has 80 valence electrons. The highest BCUT2D eigenvalue weighted by atomic mass is 35.5. The molecule has 3 nitrogen and oxygen atoms in total. The maximum Gasteiger partial charge on any atom is 0.204 e. The van der Waals surface area contributed by atoms with Crippen LogP contribution in [0.3, 0.4) is 0 Å². The van der Waals surface area contributed by atoms with E-state index in [2.05, 4.69) is 0 Å². The molecule has 0 aliphatic heterocycles. The van der Waals surface area contributed by atoms with Crippen LogP contribution >= 0.6 is 11.6 Å². The molecule has 2 N–H and O–H groups in total. The Balaban J connectivity index is 2.56. The normalized spacial score (nSPS) is 10.1. The van der Waals surface area contributed by atoms with Crippen molar-refractivity contribution >= 4 is 17.3 Å². The molecule has 0 atom stereocenters. The monoisotopic (exact) mass is 232 g/mol. The van der Waals surface area contributed by atoms with E-state index in [4.69, 9.17) is 27.0 Å². The highest BCUT2D eigenvalue weighted by molar-refractivity contribution is 6.31. The number of anilines is 1. The van der Waals surface area contributed by atoms with Gasteiger partial charge in [-0.25, -0.2) is 0 Å². The van der Waals surface area contributed by atoms with E-state index in [1.807, 2.05) is 19.1 Å². The van der Waals surface area contributed by atoms with E-state index in [0.717, 1.165) is 11.1 Å². The van der Waals surface area contributed by atoms with Crippen molar-refractivity contribution in [3.63, 3.8) is 0 Å². The van der Waals surface area contributed by atoms with E-state index in [0.29, 0.717) is 16.5 Å². The summed E-state index contributed by atoms with van der Waals surface area (Å²) in [5.41, 5.74) is 8.05. The average Bonchev–Trinajstić information content (AvgIpc) is 2.71. The SMILES string of the molecule is Cc1cc(-c2ccc(C#N)o2)c(N)cc1Cl. The number of nitrogen functional groups attached to an aromatic ring is 1. The molecule has 0 bridgehead atoms. The third-order valence-corrected chi connectivity index (χ3v) is 2.72. The maximum atomic E-state index is 8.67. The van der Waals surface area contributed by atoms with Crippen LogP contribution in [0.1, 0.15) is 11.3 Å². The third kappa shape index (κ3) is 1.75. The van der Waals surface area contributed by atoms with Crippen LogP contribution in [0.2, 0.25) is 5.02 Å². The number of nitrogens with two attached hydrogens (primary N) is 1. The van der Waals surface area contributed by atoms with Crippen LogP contribution < -0.4 is 5.73 Å². The van der Waals surface area contributed by atoms with Crippen molar-refractivity contribution in [2.24, 2.45) is 0 Å². The van der Waals surface area contributed by atoms with E-state index in [9.17, 15) is 0 Å². The molecule has 0 radical (unpaired) electrons. The van der Waals surface area contributed by atoms with Gasteiger partial charge in [0.2, 0.25) is 5.76 Å². The molecule has 0 saturated carbocycles. The summed E-state index contributed by atoms with van der Waals surface area (Å²) < 4.78 is 5.31. The van der Waals surface area contributed by atoms with Gasteiger partial charge in [0.15, 0.2) is 0 Å². The van der Waals surface area contributed by atoms with Crippen LogP contribution in [-0.2, 0) is 0 Å². The molecular formula is C12H9ClN2O. The Bertz CT molecular complexity index is 581. The zero-order valence-corrected chi connectivity index (χ0v) is 9.38. The minimum Gasteiger partial charge on any atom is -0.446 e. The Morgan fingerprint density at radius 1 is 1.38 bits per heavy atom. The van der Waals surface area contributed by atoms with Gasteiger partial charge in [0, 0.05) is 16.3 Å². The van der Waals surface area contributed by atoms with Gasteiger partial charge in [-0.05, 0) is 36.8 Å². The third-order valence-electron chi connectivity index (χ3n) is 2.31. The number of aryl methyl sites for hydroxylation is 1.